The molecule has 0 aliphatic heterocycles. The zero-order chi connectivity index (χ0) is 24.2. The van der Waals surface area contributed by atoms with E-state index in [2.05, 4.69) is 15.6 Å². The molecule has 0 atom stereocenters. The summed E-state index contributed by atoms with van der Waals surface area (Å²) >= 11 is 0. The van der Waals surface area contributed by atoms with Crippen LogP contribution < -0.4 is 16.4 Å². The van der Waals surface area contributed by atoms with Gasteiger partial charge in [-0.25, -0.2) is 4.98 Å². The normalized spacial score (nSPS) is 11.1. The second kappa shape index (κ2) is 9.60. The third-order valence-electron chi connectivity index (χ3n) is 4.73. The number of rotatable bonds is 7. The molecule has 172 valence electrons. The summed E-state index contributed by atoms with van der Waals surface area (Å²) < 4.78 is 40.7. The fourth-order valence-corrected chi connectivity index (χ4v) is 3.09. The zero-order valence-electron chi connectivity index (χ0n) is 17.9. The summed E-state index contributed by atoms with van der Waals surface area (Å²) in [6.07, 6.45) is -3.49. The summed E-state index contributed by atoms with van der Waals surface area (Å²) in [7, 11) is 2.76. The number of aromatic nitrogens is 1. The molecular weight excluding hydrogens is 435 g/mol. The summed E-state index contributed by atoms with van der Waals surface area (Å²) in [5.74, 6) is -1.27. The third-order valence-corrected chi connectivity index (χ3v) is 4.73. The number of benzene rings is 2. The van der Waals surface area contributed by atoms with E-state index in [1.54, 1.807) is 0 Å². The molecule has 33 heavy (non-hydrogen) atoms. The maximum absolute atomic E-state index is 13.6. The van der Waals surface area contributed by atoms with Gasteiger partial charge in [-0.15, -0.1) is 0 Å². The number of alkyl halides is 3. The Hall–Kier alpha value is -4.08. The molecule has 0 aliphatic carbocycles. The molecule has 0 saturated heterocycles. The van der Waals surface area contributed by atoms with Crippen molar-refractivity contribution in [1.82, 2.24) is 9.88 Å². The van der Waals surface area contributed by atoms with Crippen molar-refractivity contribution in [2.24, 2.45) is 5.73 Å². The lowest BCUT2D eigenvalue weighted by molar-refractivity contribution is -0.138. The van der Waals surface area contributed by atoms with Crippen molar-refractivity contribution in [1.29, 1.82) is 0 Å². The van der Waals surface area contributed by atoms with E-state index in [0.29, 0.717) is 12.2 Å². The van der Waals surface area contributed by atoms with E-state index in [1.807, 2.05) is 30.3 Å². The van der Waals surface area contributed by atoms with Gasteiger partial charge >= 0.3 is 6.18 Å². The van der Waals surface area contributed by atoms with Crippen LogP contribution in [-0.4, -0.2) is 35.8 Å². The minimum absolute atomic E-state index is 0.0750. The molecule has 0 saturated carbocycles. The molecule has 4 N–H and O–H groups in total. The first kappa shape index (κ1) is 23.6. The van der Waals surface area contributed by atoms with Gasteiger partial charge < -0.3 is 21.3 Å². The monoisotopic (exact) mass is 457 g/mol. The molecule has 7 nitrogen and oxygen atoms in total. The number of halogens is 3. The smallest absolute Gasteiger partial charge is 0.380 e. The van der Waals surface area contributed by atoms with Crippen molar-refractivity contribution in [2.75, 3.05) is 24.7 Å². The molecule has 0 unspecified atom stereocenters. The van der Waals surface area contributed by atoms with Crippen molar-refractivity contribution in [3.63, 3.8) is 0 Å². The topological polar surface area (TPSA) is 100 Å². The quantitative estimate of drug-likeness (QED) is 0.492. The Morgan fingerprint density at radius 3 is 2.33 bits per heavy atom. The van der Waals surface area contributed by atoms with Gasteiger partial charge in [0.15, 0.2) is 0 Å². The second-order valence-corrected chi connectivity index (χ2v) is 7.40. The Balaban J connectivity index is 1.91. The van der Waals surface area contributed by atoms with Crippen LogP contribution in [0.3, 0.4) is 0 Å². The molecule has 0 spiro atoms. The minimum atomic E-state index is -4.73. The van der Waals surface area contributed by atoms with E-state index in [4.69, 9.17) is 5.73 Å². The number of anilines is 3. The number of hydrogen-bond acceptors (Lipinski definition) is 5. The average molecular weight is 457 g/mol. The highest BCUT2D eigenvalue weighted by Gasteiger charge is 2.36. The molecule has 2 aromatic carbocycles. The number of carbonyl (C=O) groups is 2. The minimum Gasteiger partial charge on any atom is -0.380 e. The number of amides is 2. The van der Waals surface area contributed by atoms with E-state index >= 15 is 0 Å². The van der Waals surface area contributed by atoms with Crippen LogP contribution >= 0.6 is 0 Å². The summed E-state index contributed by atoms with van der Waals surface area (Å²) in [4.78, 5) is 29.1. The molecule has 2 amide bonds. The van der Waals surface area contributed by atoms with Crippen LogP contribution in [0.4, 0.5) is 30.4 Å². The number of nitrogens with zero attached hydrogens (tertiary/aromatic N) is 2. The number of nitrogens with two attached hydrogens (primary N) is 1. The number of primary amides is 1. The first-order valence-electron chi connectivity index (χ1n) is 9.84. The molecule has 3 rings (SSSR count). The van der Waals surface area contributed by atoms with Crippen molar-refractivity contribution in [3.8, 4) is 0 Å². The van der Waals surface area contributed by atoms with Crippen LogP contribution in [0, 0.1) is 0 Å². The lowest BCUT2D eigenvalue weighted by Crippen LogP contribution is -2.25. The number of pyridine rings is 1. The predicted molar refractivity (Wildman–Crippen MR) is 119 cm³/mol. The maximum Gasteiger partial charge on any atom is 0.417 e. The Morgan fingerprint density at radius 2 is 1.73 bits per heavy atom. The summed E-state index contributed by atoms with van der Waals surface area (Å²) in [6, 6.07) is 14.2. The van der Waals surface area contributed by atoms with Crippen molar-refractivity contribution < 1.29 is 22.8 Å². The molecule has 1 heterocycles. The van der Waals surface area contributed by atoms with Gasteiger partial charge in [-0.3, -0.25) is 9.59 Å². The molecular formula is C23H22F3N5O2. The lowest BCUT2D eigenvalue weighted by atomic mass is 10.0. The Bertz CT molecular complexity index is 1160. The standard InChI is InChI=1S/C23H22F3N5O2/c1-31(2)22(33)16-9-8-15(10-18(16)23(24,25)26)30-20-11-19(17(13-29-20)21(27)32)28-12-14-6-4-3-5-7-14/h3-11,13H,12H2,1-2H3,(H2,27,32)(H2,28,29,30). The van der Waals surface area contributed by atoms with Crippen molar-refractivity contribution >= 4 is 29.0 Å². The predicted octanol–water partition coefficient (Wildman–Crippen LogP) is 4.26. The van der Waals surface area contributed by atoms with Gasteiger partial charge in [0.2, 0.25) is 0 Å². The van der Waals surface area contributed by atoms with E-state index in [0.717, 1.165) is 22.6 Å². The van der Waals surface area contributed by atoms with Crippen LogP contribution in [-0.2, 0) is 12.7 Å². The van der Waals surface area contributed by atoms with Crippen LogP contribution in [0.25, 0.3) is 0 Å². The fraction of sp³-hybridized carbons (Fsp3) is 0.174. The molecule has 10 heteroatoms. The second-order valence-electron chi connectivity index (χ2n) is 7.40. The number of hydrogen-bond donors (Lipinski definition) is 3. The van der Waals surface area contributed by atoms with Gasteiger partial charge in [0, 0.05) is 38.6 Å². The molecule has 1 aromatic heterocycles. The zero-order valence-corrected chi connectivity index (χ0v) is 17.9. The fourth-order valence-electron chi connectivity index (χ4n) is 3.09. The molecule has 0 aliphatic rings. The highest BCUT2D eigenvalue weighted by Crippen LogP contribution is 2.35. The SMILES string of the molecule is CN(C)C(=O)c1ccc(Nc2cc(NCc3ccccc3)c(C(N)=O)cn2)cc1C(F)(F)F. The maximum atomic E-state index is 13.6. The van der Waals surface area contributed by atoms with Crippen LogP contribution in [0.5, 0.6) is 0 Å². The Morgan fingerprint density at radius 1 is 1.03 bits per heavy atom. The average Bonchev–Trinajstić information content (AvgIpc) is 2.77. The largest absolute Gasteiger partial charge is 0.417 e. The number of carbonyl (C=O) groups excluding carboxylic acids is 2. The molecule has 0 fully saturated rings. The van der Waals surface area contributed by atoms with Crippen molar-refractivity contribution in [2.45, 2.75) is 12.7 Å². The van der Waals surface area contributed by atoms with Gasteiger partial charge in [0.25, 0.3) is 11.8 Å². The summed E-state index contributed by atoms with van der Waals surface area (Å²) in [5.41, 5.74) is 5.44. The van der Waals surface area contributed by atoms with Gasteiger partial charge in [0.1, 0.15) is 5.82 Å². The van der Waals surface area contributed by atoms with Crippen LogP contribution in [0.15, 0.2) is 60.8 Å². The van der Waals surface area contributed by atoms with Gasteiger partial charge in [-0.1, -0.05) is 30.3 Å². The number of nitrogens with one attached hydrogen (secondary N) is 2. The highest BCUT2D eigenvalue weighted by atomic mass is 19.4. The first-order chi connectivity index (χ1) is 15.6. The third kappa shape index (κ3) is 5.79. The van der Waals surface area contributed by atoms with E-state index < -0.39 is 29.1 Å². The van der Waals surface area contributed by atoms with Crippen molar-refractivity contribution in [3.05, 3.63) is 83.0 Å². The van der Waals surface area contributed by atoms with E-state index in [9.17, 15) is 22.8 Å². The highest BCUT2D eigenvalue weighted by molar-refractivity contribution is 5.99. The van der Waals surface area contributed by atoms with Gasteiger partial charge in [-0.05, 0) is 23.8 Å². The summed E-state index contributed by atoms with van der Waals surface area (Å²) in [6.45, 7) is 0.393. The van der Waals surface area contributed by atoms with Crippen LogP contribution in [0.2, 0.25) is 0 Å². The van der Waals surface area contributed by atoms with E-state index in [1.165, 1.54) is 32.4 Å². The molecule has 3 aromatic rings. The molecule has 0 bridgehead atoms. The Kier molecular flexibility index (Phi) is 6.86. The van der Waals surface area contributed by atoms with Gasteiger partial charge in [-0.2, -0.15) is 13.2 Å². The summed E-state index contributed by atoms with van der Waals surface area (Å²) in [5, 5.41) is 5.89. The van der Waals surface area contributed by atoms with E-state index in [-0.39, 0.29) is 17.1 Å². The van der Waals surface area contributed by atoms with Gasteiger partial charge in [0.05, 0.1) is 22.4 Å². The molecule has 0 radical (unpaired) electrons. The van der Waals surface area contributed by atoms with Crippen LogP contribution in [0.1, 0.15) is 31.8 Å². The Labute approximate surface area is 188 Å². The first-order valence-corrected chi connectivity index (χ1v) is 9.84. The lowest BCUT2D eigenvalue weighted by Gasteiger charge is -2.18.